The summed E-state index contributed by atoms with van der Waals surface area (Å²) in [6.45, 7) is 8.67. The van der Waals surface area contributed by atoms with Crippen molar-refractivity contribution in [3.63, 3.8) is 0 Å². The van der Waals surface area contributed by atoms with E-state index in [2.05, 4.69) is 6.58 Å². The van der Waals surface area contributed by atoms with Gasteiger partial charge in [0, 0.05) is 0 Å². The highest BCUT2D eigenvalue weighted by molar-refractivity contribution is 5.96. The molecule has 0 unspecified atom stereocenters. The van der Waals surface area contributed by atoms with Gasteiger partial charge in [0.05, 0.1) is 18.1 Å². The molecule has 5 nitrogen and oxygen atoms in total. The van der Waals surface area contributed by atoms with Crippen LogP contribution in [-0.4, -0.2) is 39.8 Å². The van der Waals surface area contributed by atoms with E-state index in [4.69, 9.17) is 4.74 Å². The molecule has 1 saturated heterocycles. The smallest absolute Gasteiger partial charge is 0.417 e. The molecule has 0 spiro atoms. The maximum absolute atomic E-state index is 12.7. The van der Waals surface area contributed by atoms with Crippen LogP contribution in [-0.2, 0) is 16.0 Å². The number of aliphatic hydroxyl groups excluding tert-OH is 1. The lowest BCUT2D eigenvalue weighted by atomic mass is 9.91. The Hall–Kier alpha value is -2.14. The molecular formula is C18H23NO4. The first kappa shape index (κ1) is 17.2. The standard InChI is InChI=1S/C18H23NO4/c1-5-14(12(2)20)16(21)19-15(18(3,4)23-17(19)22)11-13-9-7-6-8-10-13/h5-10,12,14-15,20H,1,11H2,2-4H3/t12-,14+,15+/m1/s1. The minimum Gasteiger partial charge on any atom is -0.441 e. The largest absolute Gasteiger partial charge is 0.441 e. The minimum absolute atomic E-state index is 0.439. The molecule has 124 valence electrons. The van der Waals surface area contributed by atoms with Gasteiger partial charge in [-0.2, -0.15) is 0 Å². The fraction of sp³-hybridized carbons (Fsp3) is 0.444. The second-order valence-electron chi connectivity index (χ2n) is 6.39. The highest BCUT2D eigenvalue weighted by atomic mass is 16.6. The van der Waals surface area contributed by atoms with E-state index in [0.717, 1.165) is 10.5 Å². The first-order valence-electron chi connectivity index (χ1n) is 7.68. The highest BCUT2D eigenvalue weighted by Crippen LogP contribution is 2.33. The van der Waals surface area contributed by atoms with Gasteiger partial charge in [-0.3, -0.25) is 4.79 Å². The lowest BCUT2D eigenvalue weighted by molar-refractivity contribution is -0.135. The monoisotopic (exact) mass is 317 g/mol. The first-order chi connectivity index (χ1) is 10.8. The van der Waals surface area contributed by atoms with Crippen LogP contribution >= 0.6 is 0 Å². The van der Waals surface area contributed by atoms with Crippen molar-refractivity contribution in [1.29, 1.82) is 0 Å². The highest BCUT2D eigenvalue weighted by Gasteiger charge is 2.51. The van der Waals surface area contributed by atoms with Gasteiger partial charge in [-0.1, -0.05) is 36.4 Å². The molecule has 1 aliphatic rings. The quantitative estimate of drug-likeness (QED) is 0.848. The number of hydrogen-bond donors (Lipinski definition) is 1. The molecule has 1 aromatic rings. The molecule has 1 aromatic carbocycles. The summed E-state index contributed by atoms with van der Waals surface area (Å²) in [4.78, 5) is 26.1. The van der Waals surface area contributed by atoms with Crippen LogP contribution in [0.3, 0.4) is 0 Å². The van der Waals surface area contributed by atoms with Crippen LogP contribution in [0.15, 0.2) is 43.0 Å². The number of carbonyl (C=O) groups excluding carboxylic acids is 2. The zero-order chi connectivity index (χ0) is 17.2. The lowest BCUT2D eigenvalue weighted by Crippen LogP contribution is -2.49. The summed E-state index contributed by atoms with van der Waals surface area (Å²) in [6.07, 6.45) is 0.266. The summed E-state index contributed by atoms with van der Waals surface area (Å²) < 4.78 is 5.39. The van der Waals surface area contributed by atoms with Gasteiger partial charge >= 0.3 is 6.09 Å². The maximum Gasteiger partial charge on any atom is 0.417 e. The lowest BCUT2D eigenvalue weighted by Gasteiger charge is -2.30. The molecule has 0 aliphatic carbocycles. The van der Waals surface area contributed by atoms with Crippen molar-refractivity contribution < 1.29 is 19.4 Å². The van der Waals surface area contributed by atoms with E-state index in [0.29, 0.717) is 6.42 Å². The van der Waals surface area contributed by atoms with Gasteiger partial charge in [0.2, 0.25) is 5.91 Å². The summed E-state index contributed by atoms with van der Waals surface area (Å²) in [6, 6.07) is 9.19. The number of benzene rings is 1. The molecule has 2 amide bonds. The van der Waals surface area contributed by atoms with Crippen LogP contribution in [0.2, 0.25) is 0 Å². The second kappa shape index (κ2) is 6.54. The predicted octanol–water partition coefficient (Wildman–Crippen LogP) is 2.54. The van der Waals surface area contributed by atoms with Crippen LogP contribution in [0, 0.1) is 5.92 Å². The zero-order valence-electron chi connectivity index (χ0n) is 13.7. The van der Waals surface area contributed by atoms with E-state index in [1.165, 1.54) is 13.0 Å². The molecule has 3 atom stereocenters. The third-order valence-corrected chi connectivity index (χ3v) is 4.23. The Morgan fingerprint density at radius 1 is 1.43 bits per heavy atom. The molecule has 2 rings (SSSR count). The van der Waals surface area contributed by atoms with Gasteiger partial charge < -0.3 is 9.84 Å². The number of ether oxygens (including phenoxy) is 1. The van der Waals surface area contributed by atoms with Crippen molar-refractivity contribution in [3.05, 3.63) is 48.6 Å². The van der Waals surface area contributed by atoms with Gasteiger partial charge in [0.1, 0.15) is 5.60 Å². The Labute approximate surface area is 136 Å². The van der Waals surface area contributed by atoms with Crippen LogP contribution in [0.25, 0.3) is 0 Å². The molecular weight excluding hydrogens is 294 g/mol. The summed E-state index contributed by atoms with van der Waals surface area (Å²) in [5, 5.41) is 9.76. The van der Waals surface area contributed by atoms with E-state index in [1.54, 1.807) is 13.8 Å². The Morgan fingerprint density at radius 2 is 2.04 bits per heavy atom. The number of cyclic esters (lactones) is 1. The van der Waals surface area contributed by atoms with Crippen LogP contribution < -0.4 is 0 Å². The van der Waals surface area contributed by atoms with Crippen LogP contribution in [0.4, 0.5) is 4.79 Å². The number of amides is 2. The second-order valence-corrected chi connectivity index (χ2v) is 6.39. The third-order valence-electron chi connectivity index (χ3n) is 4.23. The number of rotatable bonds is 5. The molecule has 1 fully saturated rings. The number of aliphatic hydroxyl groups is 1. The van der Waals surface area contributed by atoms with Gasteiger partial charge in [-0.15, -0.1) is 6.58 Å². The van der Waals surface area contributed by atoms with Crippen LogP contribution in [0.1, 0.15) is 26.3 Å². The summed E-state index contributed by atoms with van der Waals surface area (Å²) in [5.74, 6) is -1.32. The van der Waals surface area contributed by atoms with Gasteiger partial charge in [-0.25, -0.2) is 9.69 Å². The normalized spacial score (nSPS) is 22.3. The summed E-state index contributed by atoms with van der Waals surface area (Å²) in [5.41, 5.74) is 0.210. The molecule has 0 radical (unpaired) electrons. The number of carbonyl (C=O) groups is 2. The Bertz CT molecular complexity index is 594. The van der Waals surface area contributed by atoms with Crippen molar-refractivity contribution in [3.8, 4) is 0 Å². The van der Waals surface area contributed by atoms with E-state index >= 15 is 0 Å². The Morgan fingerprint density at radius 3 is 2.57 bits per heavy atom. The Kier molecular flexibility index (Phi) is 4.90. The van der Waals surface area contributed by atoms with Gasteiger partial charge in [0.15, 0.2) is 0 Å². The van der Waals surface area contributed by atoms with Crippen molar-refractivity contribution >= 4 is 12.0 Å². The fourth-order valence-electron chi connectivity index (χ4n) is 2.86. The predicted molar refractivity (Wildman–Crippen MR) is 86.7 cm³/mol. The maximum atomic E-state index is 12.7. The van der Waals surface area contributed by atoms with Gasteiger partial charge in [0.25, 0.3) is 0 Å². The van der Waals surface area contributed by atoms with E-state index in [1.807, 2.05) is 30.3 Å². The molecule has 23 heavy (non-hydrogen) atoms. The molecule has 0 aromatic heterocycles. The number of hydrogen-bond acceptors (Lipinski definition) is 4. The van der Waals surface area contributed by atoms with Crippen LogP contribution in [0.5, 0.6) is 0 Å². The average molecular weight is 317 g/mol. The first-order valence-corrected chi connectivity index (χ1v) is 7.68. The van der Waals surface area contributed by atoms with Crippen molar-refractivity contribution in [2.24, 2.45) is 5.92 Å². The van der Waals surface area contributed by atoms with Crippen molar-refractivity contribution in [2.45, 2.75) is 44.9 Å². The van der Waals surface area contributed by atoms with E-state index in [-0.39, 0.29) is 0 Å². The van der Waals surface area contributed by atoms with E-state index in [9.17, 15) is 14.7 Å². The molecule has 5 heteroatoms. The molecule has 1 N–H and O–H groups in total. The van der Waals surface area contributed by atoms with E-state index < -0.39 is 35.7 Å². The average Bonchev–Trinajstić information content (AvgIpc) is 2.69. The summed E-state index contributed by atoms with van der Waals surface area (Å²) in [7, 11) is 0. The molecule has 0 saturated carbocycles. The molecule has 0 bridgehead atoms. The minimum atomic E-state index is -0.922. The zero-order valence-corrected chi connectivity index (χ0v) is 13.7. The SMILES string of the molecule is C=C[C@H](C(=O)N1C(=O)OC(C)(C)[C@@H]1Cc1ccccc1)[C@@H](C)O. The summed E-state index contributed by atoms with van der Waals surface area (Å²) >= 11 is 0. The molecule has 1 aliphatic heterocycles. The van der Waals surface area contributed by atoms with Gasteiger partial charge in [-0.05, 0) is 32.8 Å². The number of nitrogens with zero attached hydrogens (tertiary/aromatic N) is 1. The Balaban J connectivity index is 2.33. The molecule has 1 heterocycles. The third kappa shape index (κ3) is 3.45. The number of imide groups is 1. The van der Waals surface area contributed by atoms with Crippen molar-refractivity contribution in [2.75, 3.05) is 0 Å². The fourth-order valence-corrected chi connectivity index (χ4v) is 2.86. The topological polar surface area (TPSA) is 66.8 Å². The van der Waals surface area contributed by atoms with Crippen molar-refractivity contribution in [1.82, 2.24) is 4.90 Å².